The number of aryl methyl sites for hydroxylation is 1. The molecule has 22 heavy (non-hydrogen) atoms. The molecular formula is C17H27ClN2O2. The van der Waals surface area contributed by atoms with Crippen LogP contribution in [0.1, 0.15) is 36.8 Å². The van der Waals surface area contributed by atoms with Crippen molar-refractivity contribution in [3.05, 3.63) is 29.3 Å². The van der Waals surface area contributed by atoms with E-state index in [-0.39, 0.29) is 24.4 Å². The first-order valence-corrected chi connectivity index (χ1v) is 7.64. The molecule has 1 saturated carbocycles. The second kappa shape index (κ2) is 8.39. The number of rotatable bonds is 5. The van der Waals surface area contributed by atoms with Crippen LogP contribution in [-0.4, -0.2) is 31.0 Å². The summed E-state index contributed by atoms with van der Waals surface area (Å²) in [5.74, 6) is 1.42. The molecule has 0 saturated heterocycles. The third-order valence-electron chi connectivity index (χ3n) is 4.46. The fourth-order valence-corrected chi connectivity index (χ4v) is 3.10. The first-order chi connectivity index (χ1) is 10.0. The fourth-order valence-electron chi connectivity index (χ4n) is 3.10. The average molecular weight is 327 g/mol. The zero-order valence-corrected chi connectivity index (χ0v) is 14.5. The van der Waals surface area contributed by atoms with E-state index >= 15 is 0 Å². The minimum absolute atomic E-state index is 0. The van der Waals surface area contributed by atoms with Gasteiger partial charge in [-0.1, -0.05) is 18.6 Å². The number of halogens is 1. The summed E-state index contributed by atoms with van der Waals surface area (Å²) in [6.45, 7) is 2.65. The van der Waals surface area contributed by atoms with E-state index in [4.69, 9.17) is 10.5 Å². The Morgan fingerprint density at radius 3 is 2.68 bits per heavy atom. The number of amides is 1. The van der Waals surface area contributed by atoms with E-state index in [9.17, 15) is 4.79 Å². The van der Waals surface area contributed by atoms with Crippen LogP contribution in [0.3, 0.4) is 0 Å². The van der Waals surface area contributed by atoms with Crippen molar-refractivity contribution in [1.29, 1.82) is 0 Å². The molecule has 1 amide bonds. The molecule has 0 unspecified atom stereocenters. The maximum absolute atomic E-state index is 12.3. The van der Waals surface area contributed by atoms with E-state index < -0.39 is 0 Å². The number of nitrogens with two attached hydrogens (primary N) is 1. The van der Waals surface area contributed by atoms with E-state index in [1.165, 1.54) is 0 Å². The minimum Gasteiger partial charge on any atom is -0.496 e. The van der Waals surface area contributed by atoms with Gasteiger partial charge >= 0.3 is 0 Å². The highest BCUT2D eigenvalue weighted by Crippen LogP contribution is 2.27. The molecule has 4 nitrogen and oxygen atoms in total. The molecule has 0 heterocycles. The largest absolute Gasteiger partial charge is 0.496 e. The topological polar surface area (TPSA) is 55.6 Å². The normalized spacial score (nSPS) is 20.4. The van der Waals surface area contributed by atoms with Crippen molar-refractivity contribution in [2.45, 2.75) is 45.2 Å². The summed E-state index contributed by atoms with van der Waals surface area (Å²) in [5, 5.41) is 0. The van der Waals surface area contributed by atoms with Crippen molar-refractivity contribution in [2.75, 3.05) is 14.2 Å². The summed E-state index contributed by atoms with van der Waals surface area (Å²) in [4.78, 5) is 14.1. The predicted molar refractivity (Wildman–Crippen MR) is 91.4 cm³/mol. The quantitative estimate of drug-likeness (QED) is 0.905. The highest BCUT2D eigenvalue weighted by Gasteiger charge is 2.27. The van der Waals surface area contributed by atoms with Crippen molar-refractivity contribution in [3.8, 4) is 5.75 Å². The Hall–Kier alpha value is -1.26. The number of nitrogens with zero attached hydrogens (tertiary/aromatic N) is 1. The van der Waals surface area contributed by atoms with E-state index in [1.807, 2.05) is 26.1 Å². The molecule has 1 aliphatic carbocycles. The molecule has 124 valence electrons. The molecule has 2 rings (SSSR count). The summed E-state index contributed by atoms with van der Waals surface area (Å²) in [7, 11) is 3.53. The van der Waals surface area contributed by atoms with Gasteiger partial charge in [0.2, 0.25) is 5.91 Å². The Balaban J connectivity index is 0.00000242. The number of carbonyl (C=O) groups is 1. The Morgan fingerprint density at radius 2 is 2.14 bits per heavy atom. The van der Waals surface area contributed by atoms with Gasteiger partial charge in [-0.05, 0) is 42.9 Å². The smallest absolute Gasteiger partial charge is 0.222 e. The second-order valence-electron chi connectivity index (χ2n) is 6.11. The lowest BCUT2D eigenvalue weighted by Crippen LogP contribution is -2.32. The summed E-state index contributed by atoms with van der Waals surface area (Å²) >= 11 is 0. The third-order valence-corrected chi connectivity index (χ3v) is 4.46. The van der Waals surface area contributed by atoms with Gasteiger partial charge < -0.3 is 15.4 Å². The lowest BCUT2D eigenvalue weighted by atomic mass is 9.99. The van der Waals surface area contributed by atoms with Crippen LogP contribution < -0.4 is 10.5 Å². The Morgan fingerprint density at radius 1 is 1.41 bits per heavy atom. The molecule has 2 atom stereocenters. The van der Waals surface area contributed by atoms with E-state index in [2.05, 4.69) is 6.07 Å². The molecule has 1 aromatic rings. The van der Waals surface area contributed by atoms with E-state index in [1.54, 1.807) is 12.0 Å². The maximum atomic E-state index is 12.3. The summed E-state index contributed by atoms with van der Waals surface area (Å²) in [6, 6.07) is 6.24. The van der Waals surface area contributed by atoms with Crippen molar-refractivity contribution < 1.29 is 9.53 Å². The predicted octanol–water partition coefficient (Wildman–Crippen LogP) is 2.90. The van der Waals surface area contributed by atoms with Gasteiger partial charge in [0.1, 0.15) is 5.75 Å². The summed E-state index contributed by atoms with van der Waals surface area (Å²) in [5.41, 5.74) is 8.26. The van der Waals surface area contributed by atoms with Crippen LogP contribution in [0, 0.1) is 12.8 Å². The van der Waals surface area contributed by atoms with Gasteiger partial charge in [-0.25, -0.2) is 0 Å². The molecule has 0 aliphatic heterocycles. The van der Waals surface area contributed by atoms with Gasteiger partial charge in [0.15, 0.2) is 0 Å². The van der Waals surface area contributed by atoms with Crippen LogP contribution >= 0.6 is 12.4 Å². The summed E-state index contributed by atoms with van der Waals surface area (Å²) in [6.07, 6.45) is 3.87. The number of hydrogen-bond donors (Lipinski definition) is 1. The average Bonchev–Trinajstić information content (AvgIpc) is 2.84. The maximum Gasteiger partial charge on any atom is 0.222 e. The first kappa shape index (κ1) is 18.8. The molecule has 0 radical (unpaired) electrons. The van der Waals surface area contributed by atoms with Gasteiger partial charge in [-0.2, -0.15) is 0 Å². The molecule has 0 aromatic heterocycles. The van der Waals surface area contributed by atoms with E-state index in [0.717, 1.165) is 36.1 Å². The van der Waals surface area contributed by atoms with Crippen LogP contribution in [0.25, 0.3) is 0 Å². The molecule has 1 aliphatic rings. The van der Waals surface area contributed by atoms with Crippen LogP contribution in [0.2, 0.25) is 0 Å². The second-order valence-corrected chi connectivity index (χ2v) is 6.11. The standard InChI is InChI=1S/C17H26N2O2.ClH/c1-12-9-13(7-8-16(12)21-3)11-19(2)17(20)10-14-5-4-6-15(14)18;/h7-9,14-15H,4-6,10-11,18H2,1-3H3;1H/t14-,15+;/m0./s1. The fraction of sp³-hybridized carbons (Fsp3) is 0.588. The highest BCUT2D eigenvalue weighted by atomic mass is 35.5. The van der Waals surface area contributed by atoms with Crippen LogP contribution in [-0.2, 0) is 11.3 Å². The number of methoxy groups -OCH3 is 1. The van der Waals surface area contributed by atoms with Crippen LogP contribution in [0.5, 0.6) is 5.75 Å². The van der Waals surface area contributed by atoms with Crippen molar-refractivity contribution in [2.24, 2.45) is 11.7 Å². The number of hydrogen-bond acceptors (Lipinski definition) is 3. The Bertz CT molecular complexity index is 507. The van der Waals surface area contributed by atoms with E-state index in [0.29, 0.717) is 18.9 Å². The number of ether oxygens (including phenoxy) is 1. The highest BCUT2D eigenvalue weighted by molar-refractivity contribution is 5.85. The number of benzene rings is 1. The van der Waals surface area contributed by atoms with Crippen LogP contribution in [0.4, 0.5) is 0 Å². The molecule has 1 fully saturated rings. The van der Waals surface area contributed by atoms with Gasteiger partial charge in [-0.15, -0.1) is 12.4 Å². The molecule has 5 heteroatoms. The SMILES string of the molecule is COc1ccc(CN(C)C(=O)C[C@@H]2CCC[C@H]2N)cc1C.Cl. The third kappa shape index (κ3) is 4.62. The summed E-state index contributed by atoms with van der Waals surface area (Å²) < 4.78 is 5.26. The zero-order valence-electron chi connectivity index (χ0n) is 13.7. The molecule has 1 aromatic carbocycles. The zero-order chi connectivity index (χ0) is 15.4. The number of carbonyl (C=O) groups excluding carboxylic acids is 1. The van der Waals surface area contributed by atoms with Crippen molar-refractivity contribution >= 4 is 18.3 Å². The molecule has 0 spiro atoms. The molecule has 2 N–H and O–H groups in total. The minimum atomic E-state index is 0. The van der Waals surface area contributed by atoms with Crippen molar-refractivity contribution in [1.82, 2.24) is 4.90 Å². The van der Waals surface area contributed by atoms with Gasteiger partial charge in [0.05, 0.1) is 7.11 Å². The van der Waals surface area contributed by atoms with Gasteiger partial charge in [0.25, 0.3) is 0 Å². The monoisotopic (exact) mass is 326 g/mol. The van der Waals surface area contributed by atoms with Gasteiger partial charge in [-0.3, -0.25) is 4.79 Å². The Labute approximate surface area is 139 Å². The van der Waals surface area contributed by atoms with Gasteiger partial charge in [0, 0.05) is 26.1 Å². The van der Waals surface area contributed by atoms with Crippen molar-refractivity contribution in [3.63, 3.8) is 0 Å². The van der Waals surface area contributed by atoms with Crippen LogP contribution in [0.15, 0.2) is 18.2 Å². The lowest BCUT2D eigenvalue weighted by molar-refractivity contribution is -0.131. The Kier molecular flexibility index (Phi) is 7.17. The molecular weight excluding hydrogens is 300 g/mol. The lowest BCUT2D eigenvalue weighted by Gasteiger charge is -2.21. The first-order valence-electron chi connectivity index (χ1n) is 7.64. The molecule has 0 bridgehead atoms.